The number of fused-ring (bicyclic) bond motifs is 2. The lowest BCUT2D eigenvalue weighted by Gasteiger charge is -2.13. The van der Waals surface area contributed by atoms with E-state index in [1.807, 2.05) is 30.3 Å². The highest BCUT2D eigenvalue weighted by Crippen LogP contribution is 2.35. The summed E-state index contributed by atoms with van der Waals surface area (Å²) in [5, 5.41) is 0.778. The van der Waals surface area contributed by atoms with E-state index in [2.05, 4.69) is 16.5 Å². The zero-order chi connectivity index (χ0) is 27.0. The summed E-state index contributed by atoms with van der Waals surface area (Å²) >= 11 is 17.9. The molecular weight excluding hydrogens is 547 g/mol. The van der Waals surface area contributed by atoms with Gasteiger partial charge >= 0.3 is 0 Å². The molecule has 2 nitrogen and oxygen atoms in total. The van der Waals surface area contributed by atoms with Crippen molar-refractivity contribution in [3.8, 4) is 0 Å². The molecule has 0 bridgehead atoms. The van der Waals surface area contributed by atoms with E-state index in [1.54, 1.807) is 13.8 Å². The summed E-state index contributed by atoms with van der Waals surface area (Å²) < 4.78 is 53.7. The zero-order valence-electron chi connectivity index (χ0n) is 19.4. The molecule has 0 aliphatic heterocycles. The lowest BCUT2D eigenvalue weighted by Crippen LogP contribution is -1.99. The van der Waals surface area contributed by atoms with Crippen LogP contribution in [0.25, 0.3) is 27.4 Å². The highest BCUT2D eigenvalue weighted by Gasteiger charge is 2.17. The molecule has 2 aromatic heterocycles. The average Bonchev–Trinajstić information content (AvgIpc) is 2.84. The largest absolute Gasteiger partial charge is 0.247 e. The second-order valence-electron chi connectivity index (χ2n) is 8.15. The first kappa shape index (κ1) is 26.9. The van der Waals surface area contributed by atoms with Gasteiger partial charge in [-0.2, -0.15) is 0 Å². The molecule has 3 aromatic carbocycles. The molecule has 0 radical (unpaired) electrons. The summed E-state index contributed by atoms with van der Waals surface area (Å²) in [4.78, 5) is 8.23. The summed E-state index contributed by atoms with van der Waals surface area (Å²) in [6.07, 6.45) is 0. The van der Waals surface area contributed by atoms with Gasteiger partial charge in [-0.15, -0.1) is 0 Å². The van der Waals surface area contributed by atoms with E-state index in [0.29, 0.717) is 22.4 Å². The quantitative estimate of drug-likeness (QED) is 0.158. The molecule has 0 atom stereocenters. The highest BCUT2D eigenvalue weighted by molar-refractivity contribution is 6.39. The summed E-state index contributed by atoms with van der Waals surface area (Å²) in [6.45, 7) is 7.42. The van der Waals surface area contributed by atoms with Gasteiger partial charge in [-0.1, -0.05) is 71.7 Å². The van der Waals surface area contributed by atoms with Crippen molar-refractivity contribution in [3.05, 3.63) is 122 Å². The zero-order valence-corrected chi connectivity index (χ0v) is 21.7. The van der Waals surface area contributed by atoms with E-state index in [-0.39, 0.29) is 37.0 Å². The summed E-state index contributed by atoms with van der Waals surface area (Å²) in [5.41, 5.74) is 3.48. The van der Waals surface area contributed by atoms with Gasteiger partial charge in [-0.25, -0.2) is 27.5 Å². The standard InChI is InChI=1S/C18H12ClF2N.C10H5Cl2F2N/c1-10(12-6-4-3-5-7-12)18-11(2)17(19)16-14(21)8-13(20)9-15(16)22-18;1-4-9(11)8-6(14)2-5(13)3-7(8)15-10(4)12/h3-9H,1H2,2H3;2-3H,1H3. The van der Waals surface area contributed by atoms with Gasteiger partial charge < -0.3 is 0 Å². The molecule has 188 valence electrons. The van der Waals surface area contributed by atoms with E-state index >= 15 is 0 Å². The van der Waals surface area contributed by atoms with Gasteiger partial charge in [0.15, 0.2) is 0 Å². The molecule has 0 spiro atoms. The van der Waals surface area contributed by atoms with E-state index in [1.165, 1.54) is 6.07 Å². The second kappa shape index (κ2) is 10.7. The molecule has 37 heavy (non-hydrogen) atoms. The van der Waals surface area contributed by atoms with Crippen molar-refractivity contribution in [2.24, 2.45) is 0 Å². The summed E-state index contributed by atoms with van der Waals surface area (Å²) in [6, 6.07) is 13.3. The Morgan fingerprint density at radius 2 is 1.19 bits per heavy atom. The van der Waals surface area contributed by atoms with Crippen LogP contribution in [-0.2, 0) is 0 Å². The molecule has 2 heterocycles. The van der Waals surface area contributed by atoms with Crippen LogP contribution in [-0.4, -0.2) is 9.97 Å². The molecule has 0 aliphatic rings. The fourth-order valence-electron chi connectivity index (χ4n) is 3.76. The van der Waals surface area contributed by atoms with Crippen molar-refractivity contribution < 1.29 is 17.6 Å². The Kier molecular flexibility index (Phi) is 7.74. The summed E-state index contributed by atoms with van der Waals surface area (Å²) in [7, 11) is 0. The van der Waals surface area contributed by atoms with Crippen LogP contribution in [0, 0.1) is 37.1 Å². The molecule has 5 rings (SSSR count). The van der Waals surface area contributed by atoms with Gasteiger partial charge in [0.25, 0.3) is 0 Å². The Balaban J connectivity index is 0.000000186. The highest BCUT2D eigenvalue weighted by atomic mass is 35.5. The van der Waals surface area contributed by atoms with Crippen molar-refractivity contribution in [2.45, 2.75) is 13.8 Å². The Morgan fingerprint density at radius 1 is 0.703 bits per heavy atom. The van der Waals surface area contributed by atoms with Crippen LogP contribution in [0.1, 0.15) is 22.4 Å². The van der Waals surface area contributed by atoms with Crippen LogP contribution in [0.4, 0.5) is 17.6 Å². The number of benzene rings is 3. The van der Waals surface area contributed by atoms with Gasteiger partial charge in [0.05, 0.1) is 37.5 Å². The van der Waals surface area contributed by atoms with E-state index in [0.717, 1.165) is 23.8 Å². The predicted molar refractivity (Wildman–Crippen MR) is 142 cm³/mol. The lowest BCUT2D eigenvalue weighted by molar-refractivity contribution is 0.590. The van der Waals surface area contributed by atoms with Crippen molar-refractivity contribution in [2.75, 3.05) is 0 Å². The van der Waals surface area contributed by atoms with Gasteiger partial charge in [-0.05, 0) is 25.0 Å². The number of nitrogens with zero attached hydrogens (tertiary/aromatic N) is 2. The first-order valence-electron chi connectivity index (χ1n) is 10.8. The number of pyridine rings is 2. The predicted octanol–water partition coefficient (Wildman–Crippen LogP) is 9.66. The van der Waals surface area contributed by atoms with Gasteiger partial charge in [-0.3, -0.25) is 0 Å². The number of rotatable bonds is 2. The molecule has 0 saturated heterocycles. The van der Waals surface area contributed by atoms with E-state index < -0.39 is 23.3 Å². The van der Waals surface area contributed by atoms with Gasteiger partial charge in [0.1, 0.15) is 28.4 Å². The lowest BCUT2D eigenvalue weighted by atomic mass is 9.99. The molecule has 0 aliphatic carbocycles. The Labute approximate surface area is 225 Å². The van der Waals surface area contributed by atoms with Crippen LogP contribution < -0.4 is 0 Å². The average molecular weight is 564 g/mol. The molecule has 5 aromatic rings. The Morgan fingerprint density at radius 3 is 1.73 bits per heavy atom. The van der Waals surface area contributed by atoms with Crippen molar-refractivity contribution >= 4 is 62.2 Å². The number of hydrogen-bond acceptors (Lipinski definition) is 2. The number of aromatic nitrogens is 2. The third kappa shape index (κ3) is 5.28. The third-order valence-corrected chi connectivity index (χ3v) is 7.00. The molecular formula is C28H17Cl3F4N2. The van der Waals surface area contributed by atoms with Crippen molar-refractivity contribution in [1.29, 1.82) is 0 Å². The molecule has 0 saturated carbocycles. The Hall–Kier alpha value is -3.19. The molecule has 9 heteroatoms. The molecule has 0 N–H and O–H groups in total. The smallest absolute Gasteiger partial charge is 0.137 e. The maximum atomic E-state index is 14.0. The Bertz CT molecular complexity index is 1690. The van der Waals surface area contributed by atoms with Crippen LogP contribution >= 0.6 is 34.8 Å². The minimum atomic E-state index is -0.734. The molecule has 0 fully saturated rings. The van der Waals surface area contributed by atoms with Crippen LogP contribution in [0.3, 0.4) is 0 Å². The fraction of sp³-hybridized carbons (Fsp3) is 0.0714. The maximum Gasteiger partial charge on any atom is 0.137 e. The van der Waals surface area contributed by atoms with Crippen LogP contribution in [0.2, 0.25) is 15.2 Å². The number of halogens is 7. The third-order valence-electron chi connectivity index (χ3n) is 5.69. The monoisotopic (exact) mass is 562 g/mol. The topological polar surface area (TPSA) is 25.8 Å². The first-order chi connectivity index (χ1) is 17.5. The van der Waals surface area contributed by atoms with Gasteiger partial charge in [0.2, 0.25) is 0 Å². The van der Waals surface area contributed by atoms with Gasteiger partial charge in [0, 0.05) is 35.4 Å². The molecule has 0 amide bonds. The second-order valence-corrected chi connectivity index (χ2v) is 9.26. The van der Waals surface area contributed by atoms with E-state index in [4.69, 9.17) is 34.8 Å². The molecule has 0 unspecified atom stereocenters. The minimum absolute atomic E-state index is 0.0972. The van der Waals surface area contributed by atoms with E-state index in [9.17, 15) is 17.6 Å². The number of hydrogen-bond donors (Lipinski definition) is 0. The van der Waals surface area contributed by atoms with Crippen molar-refractivity contribution in [1.82, 2.24) is 9.97 Å². The SMILES string of the molecule is C=C(c1ccccc1)c1nc2cc(F)cc(F)c2c(Cl)c1C.Cc1c(Cl)nc2cc(F)cc(F)c2c1Cl. The van der Waals surface area contributed by atoms with Crippen LogP contribution in [0.15, 0.2) is 61.2 Å². The maximum absolute atomic E-state index is 14.0. The van der Waals surface area contributed by atoms with Crippen LogP contribution in [0.5, 0.6) is 0 Å². The minimum Gasteiger partial charge on any atom is -0.247 e. The fourth-order valence-corrected chi connectivity index (χ4v) is 4.55. The van der Waals surface area contributed by atoms with Crippen molar-refractivity contribution in [3.63, 3.8) is 0 Å². The normalized spacial score (nSPS) is 10.9. The first-order valence-corrected chi connectivity index (χ1v) is 11.9. The summed E-state index contributed by atoms with van der Waals surface area (Å²) in [5.74, 6) is -2.84.